The summed E-state index contributed by atoms with van der Waals surface area (Å²) in [7, 11) is 1.73. The second-order valence-electron chi connectivity index (χ2n) is 22.0. The van der Waals surface area contributed by atoms with Crippen LogP contribution in [-0.2, 0) is 41.6 Å². The molecule has 15 heteroatoms. The molecule has 2 saturated heterocycles. The zero-order valence-electron chi connectivity index (χ0n) is 44.6. The van der Waals surface area contributed by atoms with Crippen molar-refractivity contribution in [2.75, 3.05) is 33.4 Å². The summed E-state index contributed by atoms with van der Waals surface area (Å²) >= 11 is 0. The molecule has 2 saturated carbocycles. The number of likely N-dealkylation sites (tertiary alicyclic amines) is 2. The Kier molecular flexibility index (Phi) is 19.4. The Morgan fingerprint density at radius 1 is 0.581 bits per heavy atom. The Bertz CT molecular complexity index is 2210. The third-order valence-corrected chi connectivity index (χ3v) is 17.2. The van der Waals surface area contributed by atoms with E-state index >= 15 is 0 Å². The second kappa shape index (κ2) is 26.2. The van der Waals surface area contributed by atoms with Crippen molar-refractivity contribution in [3.8, 4) is 23.3 Å². The molecule has 15 nitrogen and oxygen atoms in total. The summed E-state index contributed by atoms with van der Waals surface area (Å²) < 4.78 is 12.5. The molecule has 6 amide bonds. The minimum Gasteiger partial charge on any atom is -0.481 e. The number of fused-ring (bicyclic) bond motifs is 2. The molecule has 4 fully saturated rings. The topological polar surface area (TPSA) is 188 Å². The second-order valence-corrected chi connectivity index (χ2v) is 22.0. The number of nitrogens with zero attached hydrogens (tertiary/aromatic N) is 2. The van der Waals surface area contributed by atoms with Crippen molar-refractivity contribution in [1.29, 1.82) is 0 Å². The molecule has 4 aliphatic carbocycles. The average Bonchev–Trinajstić information content (AvgIpc) is 4.14. The summed E-state index contributed by atoms with van der Waals surface area (Å²) in [6, 6.07) is 8.61. The number of hydrogen-bond acceptors (Lipinski definition) is 9. The van der Waals surface area contributed by atoms with Gasteiger partial charge in [-0.2, -0.15) is 0 Å². The highest BCUT2D eigenvalue weighted by molar-refractivity contribution is 5.94. The van der Waals surface area contributed by atoms with Crippen molar-refractivity contribution < 1.29 is 38.2 Å². The number of hydrogen-bond donors (Lipinski definition) is 5. The molecule has 0 unspecified atom stereocenters. The number of benzene rings is 2. The lowest BCUT2D eigenvalue weighted by atomic mass is 9.83. The van der Waals surface area contributed by atoms with E-state index < -0.39 is 30.2 Å². The van der Waals surface area contributed by atoms with Crippen LogP contribution in [0.1, 0.15) is 177 Å². The summed E-state index contributed by atoms with van der Waals surface area (Å²) in [5.74, 6) is 6.80. The summed E-state index contributed by atoms with van der Waals surface area (Å²) in [5.41, 5.74) is 4.16. The summed E-state index contributed by atoms with van der Waals surface area (Å²) in [6.45, 7) is 6.98. The maximum absolute atomic E-state index is 14.3. The van der Waals surface area contributed by atoms with E-state index in [9.17, 15) is 28.8 Å². The Hall–Kier alpha value is -5.62. The molecule has 402 valence electrons. The Morgan fingerprint density at radius 3 is 1.46 bits per heavy atom. The molecular weight excluding hydrogens is 935 g/mol. The lowest BCUT2D eigenvalue weighted by Crippen LogP contribution is -2.58. The Morgan fingerprint density at radius 2 is 1.03 bits per heavy atom. The van der Waals surface area contributed by atoms with Crippen molar-refractivity contribution in [2.24, 2.45) is 17.8 Å². The fraction of sp³-hybridized carbons (Fsp3) is 0.661. The monoisotopic (exact) mass is 1020 g/mol. The molecule has 0 bridgehead atoms. The third kappa shape index (κ3) is 13.1. The van der Waals surface area contributed by atoms with Gasteiger partial charge in [-0.25, -0.2) is 0 Å². The van der Waals surface area contributed by atoms with Gasteiger partial charge in [0.25, 0.3) is 0 Å². The SMILES string of the molecule is CC[C@@H](C)C(=O)N[C@H](C(=O)N1CCC[C@H]1C(=O)N[C@@H]1CCCc2c(OCC#CCOc3cccc4c3CCC[C@H]4NC(=O)[C@@H]3CCCN3C(=O)[C@@H](NC(=O)[C@H](C)NC)C3CCCCC3)cccc21)C1CCCCC1. The molecule has 8 atom stereocenters. The minimum atomic E-state index is -0.647. The number of amides is 6. The van der Waals surface area contributed by atoms with E-state index in [1.807, 2.05) is 44.2 Å². The van der Waals surface area contributed by atoms with E-state index in [0.717, 1.165) is 149 Å². The fourth-order valence-electron chi connectivity index (χ4n) is 12.6. The van der Waals surface area contributed by atoms with Gasteiger partial charge in [0.05, 0.1) is 18.1 Å². The first-order chi connectivity index (χ1) is 36.0. The van der Waals surface area contributed by atoms with Gasteiger partial charge in [-0.1, -0.05) is 88.5 Å². The molecule has 6 aliphatic rings. The summed E-state index contributed by atoms with van der Waals surface area (Å²) in [5, 5.41) is 15.8. The van der Waals surface area contributed by atoms with Crippen LogP contribution < -0.4 is 36.1 Å². The van der Waals surface area contributed by atoms with Gasteiger partial charge in [0, 0.05) is 19.0 Å². The quantitative estimate of drug-likeness (QED) is 0.0991. The molecular formula is C59H83N7O8. The predicted octanol–water partition coefficient (Wildman–Crippen LogP) is 6.90. The fourth-order valence-corrected chi connectivity index (χ4v) is 12.6. The normalized spacial score (nSPS) is 23.6. The standard InChI is InChI=1S/C59H83N7O8/c1-5-38(2)54(67)63-52(40-20-8-6-9-21-40)58(71)65-34-18-30-48(65)56(69)61-46-28-14-26-44-42(46)24-16-32-50(44)73-36-12-13-37-74-51-33-17-25-43-45(51)27-15-29-47(43)62-57(70)49-31-19-35-66(49)59(72)53(41-22-10-7-11-23-41)64-55(68)39(3)60-4/h16-17,24-25,32-33,38-41,46-49,52-53,60H,5-11,14-15,18-23,26-31,34-37H2,1-4H3,(H,61,69)(H,62,70)(H,63,67)(H,64,68)/t38-,39+,46-,47-,48+,49+,52+,53+/m1/s1. The smallest absolute Gasteiger partial charge is 0.246 e. The van der Waals surface area contributed by atoms with Gasteiger partial charge >= 0.3 is 0 Å². The molecule has 2 aromatic carbocycles. The largest absolute Gasteiger partial charge is 0.481 e. The van der Waals surface area contributed by atoms with E-state index in [2.05, 4.69) is 44.5 Å². The van der Waals surface area contributed by atoms with Crippen LogP contribution in [0.5, 0.6) is 11.5 Å². The van der Waals surface area contributed by atoms with Crippen molar-refractivity contribution in [2.45, 2.75) is 198 Å². The number of carbonyl (C=O) groups is 6. The minimum absolute atomic E-state index is 0.0534. The lowest BCUT2D eigenvalue weighted by Gasteiger charge is -2.35. The number of carbonyl (C=O) groups excluding carboxylic acids is 6. The predicted molar refractivity (Wildman–Crippen MR) is 284 cm³/mol. The first-order valence-electron chi connectivity index (χ1n) is 28.4. The maximum Gasteiger partial charge on any atom is 0.246 e. The van der Waals surface area contributed by atoms with E-state index in [-0.39, 0.29) is 78.5 Å². The molecule has 0 spiro atoms. The van der Waals surface area contributed by atoms with E-state index in [1.54, 1.807) is 23.8 Å². The number of nitrogens with one attached hydrogen (secondary N) is 5. The third-order valence-electron chi connectivity index (χ3n) is 17.2. The van der Waals surface area contributed by atoms with Gasteiger partial charge in [0.1, 0.15) is 48.9 Å². The van der Waals surface area contributed by atoms with Crippen LogP contribution >= 0.6 is 0 Å². The molecule has 2 aliphatic heterocycles. The number of ether oxygens (including phenoxy) is 2. The van der Waals surface area contributed by atoms with Gasteiger partial charge in [-0.05, 0) is 157 Å². The Labute approximate surface area is 439 Å². The van der Waals surface area contributed by atoms with Crippen LogP contribution in [0.2, 0.25) is 0 Å². The van der Waals surface area contributed by atoms with Gasteiger partial charge in [-0.3, -0.25) is 28.8 Å². The van der Waals surface area contributed by atoms with Crippen molar-refractivity contribution in [3.63, 3.8) is 0 Å². The van der Waals surface area contributed by atoms with Crippen molar-refractivity contribution in [1.82, 2.24) is 36.4 Å². The van der Waals surface area contributed by atoms with Gasteiger partial charge in [-0.15, -0.1) is 0 Å². The molecule has 0 radical (unpaired) electrons. The number of rotatable bonds is 18. The highest BCUT2D eigenvalue weighted by Gasteiger charge is 2.44. The molecule has 0 aromatic heterocycles. The van der Waals surface area contributed by atoms with Crippen LogP contribution in [0.25, 0.3) is 0 Å². The highest BCUT2D eigenvalue weighted by Crippen LogP contribution is 2.38. The van der Waals surface area contributed by atoms with Gasteiger partial charge in [0.15, 0.2) is 0 Å². The van der Waals surface area contributed by atoms with Crippen LogP contribution in [-0.4, -0.2) is 109 Å². The zero-order chi connectivity index (χ0) is 52.1. The molecule has 5 N–H and O–H groups in total. The first-order valence-corrected chi connectivity index (χ1v) is 28.4. The van der Waals surface area contributed by atoms with Crippen LogP contribution in [0.4, 0.5) is 0 Å². The number of likely N-dealkylation sites (N-methyl/N-ethyl adjacent to an activating group) is 1. The van der Waals surface area contributed by atoms with Crippen molar-refractivity contribution >= 4 is 35.4 Å². The van der Waals surface area contributed by atoms with Crippen molar-refractivity contribution in [3.05, 3.63) is 58.7 Å². The molecule has 2 aromatic rings. The van der Waals surface area contributed by atoms with E-state index in [1.165, 1.54) is 0 Å². The van der Waals surface area contributed by atoms with Gasteiger partial charge in [0.2, 0.25) is 35.4 Å². The molecule has 74 heavy (non-hydrogen) atoms. The Balaban J connectivity index is 0.844. The summed E-state index contributed by atoms with van der Waals surface area (Å²) in [4.78, 5) is 86.4. The zero-order valence-corrected chi connectivity index (χ0v) is 44.6. The first kappa shape index (κ1) is 54.6. The van der Waals surface area contributed by atoms with E-state index in [4.69, 9.17) is 9.47 Å². The lowest BCUT2D eigenvalue weighted by molar-refractivity contribution is -0.143. The summed E-state index contributed by atoms with van der Waals surface area (Å²) in [6.07, 6.45) is 18.3. The highest BCUT2D eigenvalue weighted by atomic mass is 16.5. The van der Waals surface area contributed by atoms with Gasteiger partial charge < -0.3 is 45.9 Å². The van der Waals surface area contributed by atoms with Crippen LogP contribution in [0.3, 0.4) is 0 Å². The van der Waals surface area contributed by atoms with E-state index in [0.29, 0.717) is 32.4 Å². The molecule has 8 rings (SSSR count). The average molecular weight is 1020 g/mol. The molecule has 2 heterocycles. The maximum atomic E-state index is 14.3. The van der Waals surface area contributed by atoms with Crippen LogP contribution in [0, 0.1) is 29.6 Å². The van der Waals surface area contributed by atoms with Crippen LogP contribution in [0.15, 0.2) is 36.4 Å².